The molecule has 0 aliphatic heterocycles. The number of rotatable bonds is 5. The lowest BCUT2D eigenvalue weighted by molar-refractivity contribution is -0.0504. The maximum absolute atomic E-state index is 12.0. The summed E-state index contributed by atoms with van der Waals surface area (Å²) in [6.45, 7) is -2.77. The molecule has 1 aromatic rings. The lowest BCUT2D eigenvalue weighted by Gasteiger charge is -2.09. The predicted molar refractivity (Wildman–Crippen MR) is 52.1 cm³/mol. The fraction of sp³-hybridized carbons (Fsp3) is 0.400. The molecule has 0 saturated carbocycles. The summed E-state index contributed by atoms with van der Waals surface area (Å²) in [5.74, 6) is 0.760. The molecule has 78 valence electrons. The van der Waals surface area contributed by atoms with E-state index in [2.05, 4.69) is 4.74 Å². The lowest BCUT2D eigenvalue weighted by atomic mass is 10.1. The molecular formula is C10H11ClF2O. The molecule has 0 bridgehead atoms. The highest BCUT2D eigenvalue weighted by Crippen LogP contribution is 2.21. The number of hydrogen-bond acceptors (Lipinski definition) is 1. The van der Waals surface area contributed by atoms with Gasteiger partial charge in [-0.05, 0) is 24.5 Å². The van der Waals surface area contributed by atoms with Gasteiger partial charge < -0.3 is 4.74 Å². The molecule has 0 aliphatic rings. The maximum atomic E-state index is 12.0. The molecule has 0 saturated heterocycles. The van der Waals surface area contributed by atoms with Crippen LogP contribution in [0.5, 0.6) is 5.75 Å². The van der Waals surface area contributed by atoms with E-state index in [1.807, 2.05) is 0 Å². The van der Waals surface area contributed by atoms with Gasteiger partial charge in [0, 0.05) is 5.88 Å². The van der Waals surface area contributed by atoms with Crippen LogP contribution in [0.4, 0.5) is 8.78 Å². The van der Waals surface area contributed by atoms with Crippen LogP contribution in [0, 0.1) is 0 Å². The lowest BCUT2D eigenvalue weighted by Crippen LogP contribution is -2.04. The van der Waals surface area contributed by atoms with E-state index in [0.717, 1.165) is 12.0 Å². The third-order valence-corrected chi connectivity index (χ3v) is 2.04. The molecule has 0 aliphatic carbocycles. The molecule has 0 heterocycles. The van der Waals surface area contributed by atoms with Gasteiger partial charge in [0.2, 0.25) is 0 Å². The number of benzene rings is 1. The summed E-state index contributed by atoms with van der Waals surface area (Å²) in [5.41, 5.74) is 0.772. The van der Waals surface area contributed by atoms with Gasteiger partial charge in [0.15, 0.2) is 0 Å². The van der Waals surface area contributed by atoms with Crippen molar-refractivity contribution >= 4 is 11.6 Å². The second-order valence-electron chi connectivity index (χ2n) is 2.78. The summed E-state index contributed by atoms with van der Waals surface area (Å²) in [5, 5.41) is 0. The van der Waals surface area contributed by atoms with Crippen molar-refractivity contribution in [1.29, 1.82) is 0 Å². The minimum absolute atomic E-state index is 0.243. The molecule has 0 amide bonds. The monoisotopic (exact) mass is 220 g/mol. The van der Waals surface area contributed by atoms with Gasteiger partial charge >= 0.3 is 6.61 Å². The number of hydrogen-bond donors (Lipinski definition) is 0. The molecule has 1 rings (SSSR count). The zero-order valence-electron chi connectivity index (χ0n) is 7.55. The van der Waals surface area contributed by atoms with Gasteiger partial charge in [0.25, 0.3) is 0 Å². The Bertz CT molecular complexity index is 279. The molecule has 1 nitrogen and oxygen atoms in total. The van der Waals surface area contributed by atoms with Crippen LogP contribution in [0.25, 0.3) is 0 Å². The van der Waals surface area contributed by atoms with E-state index in [1.165, 1.54) is 6.07 Å². The van der Waals surface area contributed by atoms with Crippen molar-refractivity contribution in [2.75, 3.05) is 5.88 Å². The number of ether oxygens (including phenoxy) is 1. The van der Waals surface area contributed by atoms with Crippen molar-refractivity contribution in [2.45, 2.75) is 19.5 Å². The Labute approximate surface area is 86.6 Å². The predicted octanol–water partition coefficient (Wildman–Crippen LogP) is 3.46. The van der Waals surface area contributed by atoms with Gasteiger partial charge in [0.05, 0.1) is 0 Å². The third kappa shape index (κ3) is 3.50. The van der Waals surface area contributed by atoms with Crippen molar-refractivity contribution in [3.8, 4) is 5.75 Å². The van der Waals surface area contributed by atoms with Crippen LogP contribution in [0.3, 0.4) is 0 Å². The normalized spacial score (nSPS) is 10.6. The Hall–Kier alpha value is -0.830. The first-order chi connectivity index (χ1) is 6.74. The van der Waals surface area contributed by atoms with Gasteiger partial charge in [-0.2, -0.15) is 8.78 Å². The second kappa shape index (κ2) is 5.81. The van der Waals surface area contributed by atoms with Crippen molar-refractivity contribution in [3.63, 3.8) is 0 Å². The Morgan fingerprint density at radius 2 is 2.00 bits per heavy atom. The number of halogens is 3. The van der Waals surface area contributed by atoms with Gasteiger partial charge in [-0.1, -0.05) is 18.2 Å². The number of para-hydroxylation sites is 1. The SMILES string of the molecule is FC(F)Oc1ccccc1CCCCl. The quantitative estimate of drug-likeness (QED) is 0.691. The van der Waals surface area contributed by atoms with E-state index in [0.29, 0.717) is 12.3 Å². The van der Waals surface area contributed by atoms with Crippen LogP contribution < -0.4 is 4.74 Å². The van der Waals surface area contributed by atoms with Crippen LogP contribution in [0.15, 0.2) is 24.3 Å². The van der Waals surface area contributed by atoms with Crippen molar-refractivity contribution in [2.24, 2.45) is 0 Å². The number of alkyl halides is 3. The third-order valence-electron chi connectivity index (χ3n) is 1.77. The largest absolute Gasteiger partial charge is 0.435 e. The summed E-state index contributed by atoms with van der Waals surface area (Å²) >= 11 is 5.52. The van der Waals surface area contributed by atoms with Crippen molar-refractivity contribution in [1.82, 2.24) is 0 Å². The molecule has 0 spiro atoms. The smallest absolute Gasteiger partial charge is 0.387 e. The molecule has 4 heteroatoms. The van der Waals surface area contributed by atoms with E-state index in [1.54, 1.807) is 18.2 Å². The minimum Gasteiger partial charge on any atom is -0.435 e. The zero-order chi connectivity index (χ0) is 10.4. The fourth-order valence-corrected chi connectivity index (χ4v) is 1.31. The molecular weight excluding hydrogens is 210 g/mol. The molecule has 1 aromatic carbocycles. The van der Waals surface area contributed by atoms with E-state index < -0.39 is 6.61 Å². The average Bonchev–Trinajstić information content (AvgIpc) is 2.16. The number of aryl methyl sites for hydroxylation is 1. The first kappa shape index (κ1) is 11.2. The van der Waals surface area contributed by atoms with Crippen LogP contribution >= 0.6 is 11.6 Å². The molecule has 0 fully saturated rings. The Kier molecular flexibility index (Phi) is 4.66. The van der Waals surface area contributed by atoms with Crippen LogP contribution in [-0.2, 0) is 6.42 Å². The average molecular weight is 221 g/mol. The summed E-state index contributed by atoms with van der Waals surface area (Å²) in [7, 11) is 0. The maximum Gasteiger partial charge on any atom is 0.387 e. The van der Waals surface area contributed by atoms with Gasteiger partial charge in [0.1, 0.15) is 5.75 Å². The minimum atomic E-state index is -2.77. The molecule has 0 unspecified atom stereocenters. The molecule has 14 heavy (non-hydrogen) atoms. The van der Waals surface area contributed by atoms with Crippen LogP contribution in [0.2, 0.25) is 0 Å². The first-order valence-corrected chi connectivity index (χ1v) is 4.86. The van der Waals surface area contributed by atoms with E-state index in [4.69, 9.17) is 11.6 Å². The van der Waals surface area contributed by atoms with Gasteiger partial charge in [-0.25, -0.2) is 0 Å². The molecule has 0 atom stereocenters. The second-order valence-corrected chi connectivity index (χ2v) is 3.16. The fourth-order valence-electron chi connectivity index (χ4n) is 1.18. The topological polar surface area (TPSA) is 9.23 Å². The Morgan fingerprint density at radius 1 is 1.29 bits per heavy atom. The summed E-state index contributed by atoms with van der Waals surface area (Å²) in [6, 6.07) is 6.77. The van der Waals surface area contributed by atoms with Crippen molar-refractivity contribution < 1.29 is 13.5 Å². The molecule has 0 radical (unpaired) electrons. The van der Waals surface area contributed by atoms with E-state index >= 15 is 0 Å². The van der Waals surface area contributed by atoms with Crippen LogP contribution in [0.1, 0.15) is 12.0 Å². The zero-order valence-corrected chi connectivity index (χ0v) is 8.31. The van der Waals surface area contributed by atoms with Gasteiger partial charge in [-0.15, -0.1) is 11.6 Å². The highest BCUT2D eigenvalue weighted by Gasteiger charge is 2.07. The van der Waals surface area contributed by atoms with Crippen LogP contribution in [-0.4, -0.2) is 12.5 Å². The van der Waals surface area contributed by atoms with E-state index in [-0.39, 0.29) is 5.75 Å². The Balaban J connectivity index is 2.69. The van der Waals surface area contributed by atoms with E-state index in [9.17, 15) is 8.78 Å². The highest BCUT2D eigenvalue weighted by molar-refractivity contribution is 6.17. The first-order valence-electron chi connectivity index (χ1n) is 4.32. The summed E-state index contributed by atoms with van der Waals surface area (Å²) in [6.07, 6.45) is 1.41. The Morgan fingerprint density at radius 3 is 2.64 bits per heavy atom. The van der Waals surface area contributed by atoms with Crippen molar-refractivity contribution in [3.05, 3.63) is 29.8 Å². The molecule has 0 N–H and O–H groups in total. The molecule has 0 aromatic heterocycles. The summed E-state index contributed by atoms with van der Waals surface area (Å²) in [4.78, 5) is 0. The highest BCUT2D eigenvalue weighted by atomic mass is 35.5. The summed E-state index contributed by atoms with van der Waals surface area (Å²) < 4.78 is 28.3. The van der Waals surface area contributed by atoms with Gasteiger partial charge in [-0.3, -0.25) is 0 Å². The standard InChI is InChI=1S/C10H11ClF2O/c11-7-3-5-8-4-1-2-6-9(8)14-10(12)13/h1-2,4,6,10H,3,5,7H2.